The number of aromatic nitrogens is 1. The summed E-state index contributed by atoms with van der Waals surface area (Å²) in [4.78, 5) is 32.0. The van der Waals surface area contributed by atoms with Crippen LogP contribution in [0.15, 0.2) is 85.1 Å². The number of rotatable bonds is 8. The van der Waals surface area contributed by atoms with Gasteiger partial charge in [-0.05, 0) is 55.3 Å². The number of H-pyrrole nitrogens is 1. The Labute approximate surface area is 211 Å². The molecule has 4 aromatic rings. The van der Waals surface area contributed by atoms with Crippen LogP contribution in [0.1, 0.15) is 31.0 Å². The summed E-state index contributed by atoms with van der Waals surface area (Å²) in [5.74, 6) is 0.342. The molecule has 2 amide bonds. The fourth-order valence-corrected chi connectivity index (χ4v) is 4.50. The van der Waals surface area contributed by atoms with Gasteiger partial charge in [0, 0.05) is 29.2 Å². The lowest BCUT2D eigenvalue weighted by Gasteiger charge is -2.39. The van der Waals surface area contributed by atoms with Gasteiger partial charge in [-0.3, -0.25) is 9.69 Å². The quantitative estimate of drug-likeness (QED) is 0.339. The summed E-state index contributed by atoms with van der Waals surface area (Å²) in [6.45, 7) is 3.69. The molecule has 0 aliphatic heterocycles. The predicted octanol–water partition coefficient (Wildman–Crippen LogP) is 5.63. The van der Waals surface area contributed by atoms with Crippen molar-refractivity contribution in [2.24, 2.45) is 0 Å². The number of hydrogen-bond donors (Lipinski definition) is 2. The lowest BCUT2D eigenvalue weighted by molar-refractivity contribution is -0.126. The van der Waals surface area contributed by atoms with Crippen LogP contribution < -0.4 is 15.0 Å². The normalized spacial score (nSPS) is 13.4. The second kappa shape index (κ2) is 10.6. The number of fused-ring (bicyclic) bond motifs is 1. The Morgan fingerprint density at radius 3 is 2.31 bits per heavy atom. The molecule has 2 atom stereocenters. The number of amides is 2. The maximum atomic E-state index is 14.1. The first-order valence-corrected chi connectivity index (χ1v) is 11.8. The van der Waals surface area contributed by atoms with Crippen LogP contribution >= 0.6 is 0 Å². The van der Waals surface area contributed by atoms with Crippen molar-refractivity contribution in [3.05, 3.63) is 96.2 Å². The Balaban J connectivity index is 1.79. The molecule has 186 valence electrons. The smallest absolute Gasteiger partial charge is 0.414 e. The van der Waals surface area contributed by atoms with Crippen LogP contribution in [0.3, 0.4) is 0 Å². The number of methoxy groups -OCH3 is 2. The summed E-state index contributed by atoms with van der Waals surface area (Å²) < 4.78 is 10.5. The minimum absolute atomic E-state index is 0.255. The molecule has 4 rings (SSSR count). The van der Waals surface area contributed by atoms with E-state index in [1.54, 1.807) is 38.3 Å². The summed E-state index contributed by atoms with van der Waals surface area (Å²) in [5.41, 5.74) is 2.04. The molecule has 1 aromatic heterocycles. The van der Waals surface area contributed by atoms with E-state index in [4.69, 9.17) is 9.47 Å². The molecule has 0 aliphatic carbocycles. The number of hydrogen-bond acceptors (Lipinski definition) is 4. The van der Waals surface area contributed by atoms with Crippen molar-refractivity contribution >= 4 is 28.6 Å². The highest BCUT2D eigenvalue weighted by atomic mass is 16.5. The van der Waals surface area contributed by atoms with Gasteiger partial charge in [-0.2, -0.15) is 0 Å². The Kier molecular flexibility index (Phi) is 7.29. The minimum atomic E-state index is -1.32. The third-order valence-corrected chi connectivity index (χ3v) is 6.53. The van der Waals surface area contributed by atoms with Crippen molar-refractivity contribution in [2.45, 2.75) is 31.8 Å². The van der Waals surface area contributed by atoms with E-state index >= 15 is 0 Å². The molecule has 36 heavy (non-hydrogen) atoms. The van der Waals surface area contributed by atoms with Crippen LogP contribution in [0.2, 0.25) is 0 Å². The Bertz CT molecular complexity index is 1330. The Morgan fingerprint density at radius 1 is 0.972 bits per heavy atom. The van der Waals surface area contributed by atoms with Gasteiger partial charge in [-0.15, -0.1) is 0 Å². The van der Waals surface area contributed by atoms with Crippen LogP contribution in [0, 0.1) is 0 Å². The lowest BCUT2D eigenvalue weighted by Crippen LogP contribution is -2.61. The maximum absolute atomic E-state index is 14.1. The molecule has 2 N–H and O–H groups in total. The first-order valence-electron chi connectivity index (χ1n) is 11.8. The first kappa shape index (κ1) is 24.9. The highest BCUT2D eigenvalue weighted by Gasteiger charge is 2.45. The van der Waals surface area contributed by atoms with E-state index in [0.717, 1.165) is 22.0 Å². The molecule has 1 heterocycles. The van der Waals surface area contributed by atoms with Gasteiger partial charge >= 0.3 is 6.09 Å². The molecule has 0 bridgehead atoms. The zero-order valence-electron chi connectivity index (χ0n) is 20.9. The van der Waals surface area contributed by atoms with E-state index in [9.17, 15) is 9.59 Å². The van der Waals surface area contributed by atoms with Gasteiger partial charge in [0.25, 0.3) is 0 Å². The highest BCUT2D eigenvalue weighted by molar-refractivity contribution is 6.01. The number of carbonyl (C=O) groups is 2. The molecule has 0 aliphatic rings. The molecule has 7 heteroatoms. The van der Waals surface area contributed by atoms with Crippen LogP contribution in [0.4, 0.5) is 10.5 Å². The van der Waals surface area contributed by atoms with Crippen LogP contribution in [-0.4, -0.2) is 36.7 Å². The second-order valence-corrected chi connectivity index (χ2v) is 8.92. The SMILES string of the molecule is COC(=O)N(c1ccc(OC)cc1)[C@](C)(Cc1c[nH]c2ccccc12)C(=O)N[C@@H](C)c1ccccc1. The summed E-state index contributed by atoms with van der Waals surface area (Å²) >= 11 is 0. The molecule has 3 aromatic carbocycles. The number of nitrogens with one attached hydrogen (secondary N) is 2. The van der Waals surface area contributed by atoms with Crippen molar-refractivity contribution in [1.29, 1.82) is 0 Å². The largest absolute Gasteiger partial charge is 0.497 e. The average molecular weight is 486 g/mol. The zero-order chi connectivity index (χ0) is 25.7. The highest BCUT2D eigenvalue weighted by Crippen LogP contribution is 2.33. The van der Waals surface area contributed by atoms with Gasteiger partial charge in [-0.1, -0.05) is 48.5 Å². The summed E-state index contributed by atoms with van der Waals surface area (Å²) in [7, 11) is 2.89. The third kappa shape index (κ3) is 4.91. The number of aromatic amines is 1. The van der Waals surface area contributed by atoms with Gasteiger partial charge < -0.3 is 19.8 Å². The van der Waals surface area contributed by atoms with Gasteiger partial charge in [0.2, 0.25) is 5.91 Å². The average Bonchev–Trinajstić information content (AvgIpc) is 3.31. The molecule has 0 fully saturated rings. The number of para-hydroxylation sites is 1. The van der Waals surface area contributed by atoms with Gasteiger partial charge in [0.1, 0.15) is 11.3 Å². The first-order chi connectivity index (χ1) is 17.4. The van der Waals surface area contributed by atoms with E-state index in [1.807, 2.05) is 67.7 Å². The van der Waals surface area contributed by atoms with E-state index in [2.05, 4.69) is 10.3 Å². The van der Waals surface area contributed by atoms with Gasteiger partial charge in [-0.25, -0.2) is 4.79 Å². The van der Waals surface area contributed by atoms with E-state index in [-0.39, 0.29) is 18.4 Å². The topological polar surface area (TPSA) is 83.7 Å². The second-order valence-electron chi connectivity index (χ2n) is 8.92. The fourth-order valence-electron chi connectivity index (χ4n) is 4.50. The van der Waals surface area contributed by atoms with Gasteiger partial charge in [0.15, 0.2) is 0 Å². The Morgan fingerprint density at radius 2 is 1.64 bits per heavy atom. The lowest BCUT2D eigenvalue weighted by atomic mass is 9.88. The molecular formula is C29H31N3O4. The van der Waals surface area contributed by atoms with Crippen molar-refractivity contribution in [1.82, 2.24) is 10.3 Å². The molecule has 0 unspecified atom stereocenters. The summed E-state index contributed by atoms with van der Waals surface area (Å²) in [5, 5.41) is 4.12. The molecule has 0 saturated heterocycles. The number of benzene rings is 3. The molecule has 0 spiro atoms. The standard InChI is InChI=1S/C29H31N3O4/c1-20(21-10-6-5-7-11-21)31-27(33)29(2,18-22-19-30-26-13-9-8-12-25(22)26)32(28(34)36-4)23-14-16-24(35-3)17-15-23/h5-17,19-20,30H,18H2,1-4H3,(H,31,33)/t20-,29+/m0/s1. The monoisotopic (exact) mass is 485 g/mol. The van der Waals surface area contributed by atoms with Crippen LogP contribution in [0.25, 0.3) is 10.9 Å². The summed E-state index contributed by atoms with van der Waals surface area (Å²) in [6, 6.07) is 24.3. The zero-order valence-corrected chi connectivity index (χ0v) is 20.9. The Hall–Kier alpha value is -4.26. The van der Waals surface area contributed by atoms with Crippen molar-refractivity contribution in [2.75, 3.05) is 19.1 Å². The molecule has 0 radical (unpaired) electrons. The third-order valence-electron chi connectivity index (χ3n) is 6.53. The number of carbonyl (C=O) groups excluding carboxylic acids is 2. The summed E-state index contributed by atoms with van der Waals surface area (Å²) in [6.07, 6.45) is 1.51. The van der Waals surface area contributed by atoms with E-state index in [0.29, 0.717) is 11.4 Å². The van der Waals surface area contributed by atoms with Crippen molar-refractivity contribution in [3.8, 4) is 5.75 Å². The molecule has 0 saturated carbocycles. The fraction of sp³-hybridized carbons (Fsp3) is 0.241. The van der Waals surface area contributed by atoms with Crippen LogP contribution in [0.5, 0.6) is 5.75 Å². The van der Waals surface area contributed by atoms with Crippen LogP contribution in [-0.2, 0) is 16.0 Å². The molecular weight excluding hydrogens is 454 g/mol. The van der Waals surface area contributed by atoms with E-state index < -0.39 is 11.6 Å². The number of ether oxygens (including phenoxy) is 2. The van der Waals surface area contributed by atoms with E-state index in [1.165, 1.54) is 12.0 Å². The van der Waals surface area contributed by atoms with Crippen molar-refractivity contribution < 1.29 is 19.1 Å². The number of anilines is 1. The van der Waals surface area contributed by atoms with Gasteiger partial charge in [0.05, 0.1) is 20.3 Å². The minimum Gasteiger partial charge on any atom is -0.497 e. The predicted molar refractivity (Wildman–Crippen MR) is 141 cm³/mol. The maximum Gasteiger partial charge on any atom is 0.414 e. The molecule has 7 nitrogen and oxygen atoms in total. The number of nitrogens with zero attached hydrogens (tertiary/aromatic N) is 1. The van der Waals surface area contributed by atoms with Crippen molar-refractivity contribution in [3.63, 3.8) is 0 Å².